The van der Waals surface area contributed by atoms with Crippen molar-refractivity contribution in [2.24, 2.45) is 15.2 Å². The summed E-state index contributed by atoms with van der Waals surface area (Å²) in [6, 6.07) is 0. The molecule has 0 aromatic heterocycles. The number of aliphatic hydroxyl groups is 1. The van der Waals surface area contributed by atoms with Gasteiger partial charge in [-0.05, 0) is 18.0 Å². The minimum absolute atomic E-state index is 0.0543. The predicted octanol–water partition coefficient (Wildman–Crippen LogP) is 3.68. The molecule has 5 nitrogen and oxygen atoms in total. The zero-order chi connectivity index (χ0) is 15.5. The standard InChI is InChI=1S/C16H19N3O2/c1-3-6-14(13(2)20)11-17-9-10-18-12-15-7-4-5-8-16(15)19-21/h3-4,6-7,11-12,20H,1-2,5,8-10H2/b14-6-,17-11?,18-12?. The highest BCUT2D eigenvalue weighted by atomic mass is 16.3. The Balaban J connectivity index is 2.48. The van der Waals surface area contributed by atoms with Crippen LogP contribution >= 0.6 is 0 Å². The summed E-state index contributed by atoms with van der Waals surface area (Å²) in [6.45, 7) is 7.94. The Morgan fingerprint density at radius 2 is 2.14 bits per heavy atom. The van der Waals surface area contributed by atoms with Gasteiger partial charge in [0.15, 0.2) is 0 Å². The molecule has 0 unspecified atom stereocenters. The fraction of sp³-hybridized carbons (Fsp3) is 0.250. The lowest BCUT2D eigenvalue weighted by Crippen LogP contribution is -1.96. The van der Waals surface area contributed by atoms with Crippen molar-refractivity contribution in [3.05, 3.63) is 65.0 Å². The normalized spacial score (nSPS) is 15.9. The molecule has 0 saturated carbocycles. The van der Waals surface area contributed by atoms with Crippen molar-refractivity contribution >= 4 is 12.4 Å². The summed E-state index contributed by atoms with van der Waals surface area (Å²) in [6.07, 6.45) is 11.7. The molecule has 0 spiro atoms. The maximum absolute atomic E-state index is 10.6. The van der Waals surface area contributed by atoms with Crippen LogP contribution in [0.3, 0.4) is 0 Å². The number of allylic oxidation sites excluding steroid dienone is 7. The molecule has 21 heavy (non-hydrogen) atoms. The molecule has 110 valence electrons. The monoisotopic (exact) mass is 285 g/mol. The molecule has 0 aromatic carbocycles. The van der Waals surface area contributed by atoms with Crippen molar-refractivity contribution in [2.45, 2.75) is 12.8 Å². The first-order valence-corrected chi connectivity index (χ1v) is 6.62. The molecule has 0 aromatic rings. The van der Waals surface area contributed by atoms with Crippen molar-refractivity contribution in [3.8, 4) is 0 Å². The first-order chi connectivity index (χ1) is 10.2. The Kier molecular flexibility index (Phi) is 7.35. The van der Waals surface area contributed by atoms with Crippen molar-refractivity contribution in [1.82, 2.24) is 0 Å². The highest BCUT2D eigenvalue weighted by Crippen LogP contribution is 2.18. The van der Waals surface area contributed by atoms with Crippen molar-refractivity contribution in [1.29, 1.82) is 0 Å². The smallest absolute Gasteiger partial charge is 0.117 e. The molecule has 0 radical (unpaired) electrons. The average Bonchev–Trinajstić information content (AvgIpc) is 2.49. The molecule has 0 bridgehead atoms. The molecule has 0 saturated heterocycles. The van der Waals surface area contributed by atoms with Crippen molar-refractivity contribution in [3.63, 3.8) is 0 Å². The van der Waals surface area contributed by atoms with Gasteiger partial charge in [-0.25, -0.2) is 0 Å². The summed E-state index contributed by atoms with van der Waals surface area (Å²) in [5.41, 5.74) is 1.81. The summed E-state index contributed by atoms with van der Waals surface area (Å²) < 4.78 is 0. The van der Waals surface area contributed by atoms with E-state index in [4.69, 9.17) is 0 Å². The van der Waals surface area contributed by atoms with E-state index >= 15 is 0 Å². The van der Waals surface area contributed by atoms with Gasteiger partial charge in [0.2, 0.25) is 0 Å². The number of aliphatic imine (C=N–C) groups is 2. The fourth-order valence-corrected chi connectivity index (χ4v) is 1.67. The van der Waals surface area contributed by atoms with Crippen LogP contribution in [0.5, 0.6) is 0 Å². The Hall–Kier alpha value is -2.56. The lowest BCUT2D eigenvalue weighted by Gasteiger charge is -2.04. The second kappa shape index (κ2) is 9.36. The number of hydrogen-bond acceptors (Lipinski definition) is 5. The zero-order valence-electron chi connectivity index (χ0n) is 11.9. The third kappa shape index (κ3) is 5.95. The maximum atomic E-state index is 10.6. The van der Waals surface area contributed by atoms with Crippen LogP contribution in [0.15, 0.2) is 75.2 Å². The molecule has 1 rings (SSSR count). The number of hydrogen-bond donors (Lipinski definition) is 1. The first-order valence-electron chi connectivity index (χ1n) is 6.62. The Bertz CT molecular complexity index is 552. The van der Waals surface area contributed by atoms with Crippen LogP contribution in [0.4, 0.5) is 0 Å². The number of nitroso groups, excluding NO2 is 1. The van der Waals surface area contributed by atoms with Crippen molar-refractivity contribution < 1.29 is 5.11 Å². The lowest BCUT2D eigenvalue weighted by molar-refractivity contribution is 0.431. The minimum Gasteiger partial charge on any atom is -0.508 e. The van der Waals surface area contributed by atoms with Crippen molar-refractivity contribution in [2.75, 3.05) is 13.1 Å². The zero-order valence-corrected chi connectivity index (χ0v) is 11.9. The number of rotatable bonds is 8. The van der Waals surface area contributed by atoms with Crippen LogP contribution in [0, 0.1) is 4.91 Å². The van der Waals surface area contributed by atoms with Gasteiger partial charge in [-0.3, -0.25) is 9.98 Å². The van der Waals surface area contributed by atoms with Gasteiger partial charge in [-0.2, -0.15) is 0 Å². The fourth-order valence-electron chi connectivity index (χ4n) is 1.67. The molecule has 1 aliphatic rings. The second-order valence-electron chi connectivity index (χ2n) is 4.31. The Labute approximate surface area is 124 Å². The molecular weight excluding hydrogens is 266 g/mol. The predicted molar refractivity (Wildman–Crippen MR) is 88.0 cm³/mol. The molecule has 0 amide bonds. The van der Waals surface area contributed by atoms with Crippen LogP contribution in [0.25, 0.3) is 0 Å². The Morgan fingerprint density at radius 1 is 1.38 bits per heavy atom. The van der Waals surface area contributed by atoms with Gasteiger partial charge >= 0.3 is 0 Å². The lowest BCUT2D eigenvalue weighted by atomic mass is 10.0. The molecule has 0 heterocycles. The third-order valence-electron chi connectivity index (χ3n) is 2.74. The van der Waals surface area contributed by atoms with Gasteiger partial charge in [0, 0.05) is 23.6 Å². The molecule has 0 atom stereocenters. The number of aliphatic hydroxyl groups excluding tert-OH is 1. The molecular formula is C16H19N3O2. The van der Waals surface area contributed by atoms with Gasteiger partial charge in [0.05, 0.1) is 18.8 Å². The molecule has 5 heteroatoms. The van der Waals surface area contributed by atoms with Gasteiger partial charge in [-0.1, -0.05) is 37.5 Å². The van der Waals surface area contributed by atoms with E-state index in [1.165, 1.54) is 6.21 Å². The highest BCUT2D eigenvalue weighted by Gasteiger charge is 2.06. The van der Waals surface area contributed by atoms with Gasteiger partial charge in [-0.15, -0.1) is 4.91 Å². The first kappa shape index (κ1) is 16.5. The van der Waals surface area contributed by atoms with E-state index in [2.05, 4.69) is 28.3 Å². The number of nitrogens with zero attached hydrogens (tertiary/aromatic N) is 3. The van der Waals surface area contributed by atoms with E-state index in [0.29, 0.717) is 30.8 Å². The van der Waals surface area contributed by atoms with Crippen LogP contribution in [0.2, 0.25) is 0 Å². The molecule has 1 N–H and O–H groups in total. The van der Waals surface area contributed by atoms with Crippen LogP contribution in [-0.2, 0) is 0 Å². The topological polar surface area (TPSA) is 74.4 Å². The summed E-state index contributed by atoms with van der Waals surface area (Å²) in [5.74, 6) is -0.0543. The SMILES string of the molecule is C=C/C=C(/C=NCCN=CC1=C(N=O)CCC=C1)C(=C)O. The minimum atomic E-state index is -0.0543. The molecule has 0 fully saturated rings. The largest absolute Gasteiger partial charge is 0.508 e. The van der Waals surface area contributed by atoms with E-state index < -0.39 is 0 Å². The average molecular weight is 285 g/mol. The Morgan fingerprint density at radius 3 is 2.81 bits per heavy atom. The second-order valence-corrected chi connectivity index (χ2v) is 4.31. The summed E-state index contributed by atoms with van der Waals surface area (Å²) in [4.78, 5) is 19.0. The van der Waals surface area contributed by atoms with Gasteiger partial charge < -0.3 is 5.11 Å². The van der Waals surface area contributed by atoms with Gasteiger partial charge in [0.25, 0.3) is 0 Å². The summed E-state index contributed by atoms with van der Waals surface area (Å²) >= 11 is 0. The van der Waals surface area contributed by atoms with E-state index in [9.17, 15) is 10.0 Å². The van der Waals surface area contributed by atoms with Gasteiger partial charge in [0.1, 0.15) is 5.76 Å². The van der Waals surface area contributed by atoms with E-state index in [-0.39, 0.29) is 5.76 Å². The van der Waals surface area contributed by atoms with Crippen LogP contribution in [0.1, 0.15) is 12.8 Å². The summed E-state index contributed by atoms with van der Waals surface area (Å²) in [5, 5.41) is 12.3. The third-order valence-corrected chi connectivity index (χ3v) is 2.74. The summed E-state index contributed by atoms with van der Waals surface area (Å²) in [7, 11) is 0. The quantitative estimate of drug-likeness (QED) is 0.243. The van der Waals surface area contributed by atoms with Crippen LogP contribution in [-0.4, -0.2) is 30.6 Å². The molecule has 0 aliphatic heterocycles. The van der Waals surface area contributed by atoms with E-state index in [1.54, 1.807) is 18.4 Å². The van der Waals surface area contributed by atoms with E-state index in [0.717, 1.165) is 12.0 Å². The van der Waals surface area contributed by atoms with Crippen LogP contribution < -0.4 is 0 Å². The molecule has 1 aliphatic carbocycles. The highest BCUT2D eigenvalue weighted by molar-refractivity contribution is 5.84. The van der Waals surface area contributed by atoms with E-state index in [1.807, 2.05) is 12.2 Å². The maximum Gasteiger partial charge on any atom is 0.117 e.